The van der Waals surface area contributed by atoms with Gasteiger partial charge in [-0.1, -0.05) is 39.8 Å². The summed E-state index contributed by atoms with van der Waals surface area (Å²) in [5.41, 5.74) is 5.36. The minimum atomic E-state index is -0.587. The van der Waals surface area contributed by atoms with Crippen molar-refractivity contribution in [2.75, 3.05) is 7.11 Å². The van der Waals surface area contributed by atoms with Crippen LogP contribution in [0, 0.1) is 11.8 Å². The Labute approximate surface area is 199 Å². The second-order valence-corrected chi connectivity index (χ2v) is 8.76. The summed E-state index contributed by atoms with van der Waals surface area (Å²) in [7, 11) is 1.28. The zero-order valence-electron chi connectivity index (χ0n) is 20.4. The molecule has 2 aromatic heterocycles. The topological polar surface area (TPSA) is 151 Å². The van der Waals surface area contributed by atoms with Crippen molar-refractivity contribution in [1.82, 2.24) is 15.3 Å². The number of primary amides is 1. The first kappa shape index (κ1) is 26.8. The number of carbonyl (C=O) groups excluding carboxylic acids is 3. The summed E-state index contributed by atoms with van der Waals surface area (Å²) < 4.78 is 16.1. The summed E-state index contributed by atoms with van der Waals surface area (Å²) in [5, 5.41) is 2.99. The Kier molecular flexibility index (Phi) is 10.0. The fraction of sp³-hybridized carbons (Fsp3) is 0.542. The molecule has 10 heteroatoms. The molecule has 1 atom stereocenters. The molecule has 0 saturated carbocycles. The van der Waals surface area contributed by atoms with Gasteiger partial charge in [0, 0.05) is 19.3 Å². The number of hydrogen-bond donors (Lipinski definition) is 2. The first-order chi connectivity index (χ1) is 16.1. The van der Waals surface area contributed by atoms with Crippen molar-refractivity contribution in [3.63, 3.8) is 0 Å². The Balaban J connectivity index is 0.000000509. The van der Waals surface area contributed by atoms with E-state index in [2.05, 4.69) is 20.0 Å². The Hall–Kier alpha value is -3.43. The molecule has 2 bridgehead atoms. The van der Waals surface area contributed by atoms with E-state index in [0.717, 1.165) is 6.42 Å². The van der Waals surface area contributed by atoms with E-state index in [1.54, 1.807) is 0 Å². The monoisotopic (exact) mass is 474 g/mol. The number of rotatable bonds is 5. The summed E-state index contributed by atoms with van der Waals surface area (Å²) >= 11 is 0. The Morgan fingerprint density at radius 3 is 2.41 bits per heavy atom. The van der Waals surface area contributed by atoms with Crippen molar-refractivity contribution in [1.29, 1.82) is 0 Å². The quantitative estimate of drug-likeness (QED) is 0.491. The fourth-order valence-electron chi connectivity index (χ4n) is 3.25. The molecule has 34 heavy (non-hydrogen) atoms. The lowest BCUT2D eigenvalue weighted by Crippen LogP contribution is -2.31. The van der Waals surface area contributed by atoms with Gasteiger partial charge in [0.2, 0.25) is 23.6 Å². The second kappa shape index (κ2) is 12.7. The largest absolute Gasteiger partial charge is 0.464 e. The molecule has 3 heterocycles. The molecule has 10 nitrogen and oxygen atoms in total. The molecular formula is C24H34N4O6. The average molecular weight is 475 g/mol. The second-order valence-electron chi connectivity index (χ2n) is 8.76. The van der Waals surface area contributed by atoms with Crippen LogP contribution in [-0.2, 0) is 20.7 Å². The summed E-state index contributed by atoms with van der Waals surface area (Å²) in [5.74, 6) is 0.836. The van der Waals surface area contributed by atoms with Gasteiger partial charge in [0.25, 0.3) is 0 Å². The Morgan fingerprint density at radius 1 is 1.18 bits per heavy atom. The number of fused-ring (bicyclic) bond motifs is 2. The number of esters is 1. The van der Waals surface area contributed by atoms with E-state index < -0.39 is 5.97 Å². The molecule has 0 fully saturated rings. The zero-order chi connectivity index (χ0) is 25.3. The summed E-state index contributed by atoms with van der Waals surface area (Å²) in [6.07, 6.45) is 8.18. The minimum absolute atomic E-state index is 0.0516. The van der Waals surface area contributed by atoms with Crippen LogP contribution in [0.2, 0.25) is 0 Å². The number of nitrogens with zero attached hydrogens (tertiary/aromatic N) is 2. The van der Waals surface area contributed by atoms with E-state index in [9.17, 15) is 14.4 Å². The molecular weight excluding hydrogens is 440 g/mol. The number of methoxy groups -OCH3 is 1. The third-order valence-electron chi connectivity index (χ3n) is 4.92. The Bertz CT molecular complexity index is 1010. The first-order valence-electron chi connectivity index (χ1n) is 11.4. The fourth-order valence-corrected chi connectivity index (χ4v) is 3.25. The molecule has 3 rings (SSSR count). The van der Waals surface area contributed by atoms with Gasteiger partial charge in [0.05, 0.1) is 7.11 Å². The molecule has 3 N–H and O–H groups in total. The standard InChI is InChI=1S/C19H23N3O5.C5H11NO/c1-11(2)15-18-22-16(17-20-12(10-26-17)19(24)25-3)13(27-18)8-6-4-5-7-9-14(23)21-15;1-4(2)3-5(6)7/h4-5,10-11,15H,6-9H2,1-3H3,(H,21,23);4H,3H2,1-2H3,(H2,6,7)/b5-4+;. The van der Waals surface area contributed by atoms with Gasteiger partial charge in [-0.25, -0.2) is 14.8 Å². The number of allylic oxidation sites excluding steroid dienone is 2. The zero-order valence-corrected chi connectivity index (χ0v) is 20.4. The van der Waals surface area contributed by atoms with Gasteiger partial charge < -0.3 is 24.6 Å². The van der Waals surface area contributed by atoms with Crippen LogP contribution in [-0.4, -0.2) is 34.9 Å². The van der Waals surface area contributed by atoms with Gasteiger partial charge >= 0.3 is 5.97 Å². The number of amides is 2. The van der Waals surface area contributed by atoms with E-state index in [-0.39, 0.29) is 35.4 Å². The van der Waals surface area contributed by atoms with E-state index in [1.807, 2.05) is 39.8 Å². The number of aromatic nitrogens is 2. The van der Waals surface area contributed by atoms with Crippen LogP contribution < -0.4 is 11.1 Å². The van der Waals surface area contributed by atoms with E-state index in [0.29, 0.717) is 48.9 Å². The maximum absolute atomic E-state index is 12.2. The van der Waals surface area contributed by atoms with Crippen molar-refractivity contribution >= 4 is 17.8 Å². The Morgan fingerprint density at radius 2 is 1.85 bits per heavy atom. The highest BCUT2D eigenvalue weighted by molar-refractivity contribution is 5.87. The van der Waals surface area contributed by atoms with Crippen molar-refractivity contribution in [2.24, 2.45) is 17.6 Å². The van der Waals surface area contributed by atoms with Gasteiger partial charge in [0.1, 0.15) is 18.1 Å². The van der Waals surface area contributed by atoms with E-state index in [1.165, 1.54) is 13.4 Å². The number of hydrogen-bond acceptors (Lipinski definition) is 8. The molecule has 0 saturated heterocycles. The smallest absolute Gasteiger partial charge is 0.360 e. The van der Waals surface area contributed by atoms with Crippen LogP contribution in [0.5, 0.6) is 0 Å². The lowest BCUT2D eigenvalue weighted by atomic mass is 10.0. The van der Waals surface area contributed by atoms with Crippen LogP contribution in [0.1, 0.15) is 81.6 Å². The lowest BCUT2D eigenvalue weighted by molar-refractivity contribution is -0.122. The molecule has 0 aliphatic carbocycles. The van der Waals surface area contributed by atoms with Gasteiger partial charge in [-0.2, -0.15) is 0 Å². The van der Waals surface area contributed by atoms with E-state index >= 15 is 0 Å². The molecule has 1 aliphatic rings. The van der Waals surface area contributed by atoms with Crippen LogP contribution in [0.15, 0.2) is 27.2 Å². The minimum Gasteiger partial charge on any atom is -0.464 e. The van der Waals surface area contributed by atoms with Gasteiger partial charge in [0.15, 0.2) is 11.4 Å². The number of carbonyl (C=O) groups is 3. The molecule has 0 radical (unpaired) electrons. The van der Waals surface area contributed by atoms with Crippen LogP contribution in [0.25, 0.3) is 11.6 Å². The summed E-state index contributed by atoms with van der Waals surface area (Å²) in [4.78, 5) is 42.6. The molecule has 0 aromatic carbocycles. The maximum Gasteiger partial charge on any atom is 0.360 e. The third kappa shape index (κ3) is 7.86. The number of nitrogens with two attached hydrogens (primary N) is 1. The summed E-state index contributed by atoms with van der Waals surface area (Å²) in [6, 6.07) is -0.358. The predicted molar refractivity (Wildman–Crippen MR) is 124 cm³/mol. The van der Waals surface area contributed by atoms with E-state index in [4.69, 9.17) is 14.6 Å². The van der Waals surface area contributed by atoms with Gasteiger partial charge in [-0.3, -0.25) is 9.59 Å². The highest BCUT2D eigenvalue weighted by Gasteiger charge is 2.28. The first-order valence-corrected chi connectivity index (χ1v) is 11.4. The molecule has 186 valence electrons. The maximum atomic E-state index is 12.2. The van der Waals surface area contributed by atoms with Crippen molar-refractivity contribution in [3.05, 3.63) is 35.8 Å². The highest BCUT2D eigenvalue weighted by atomic mass is 16.5. The number of nitrogens with one attached hydrogen (secondary N) is 1. The van der Waals surface area contributed by atoms with Gasteiger partial charge in [-0.15, -0.1) is 0 Å². The lowest BCUT2D eigenvalue weighted by Gasteiger charge is -2.19. The number of ether oxygens (including phenoxy) is 1. The SMILES string of the molecule is CC(C)CC(N)=O.COC(=O)c1coc(-c2nc3oc2CC/C=C/CCC(=O)NC3C(C)C)n1. The van der Waals surface area contributed by atoms with Crippen molar-refractivity contribution < 1.29 is 28.0 Å². The molecule has 2 aromatic rings. The van der Waals surface area contributed by atoms with Crippen LogP contribution >= 0.6 is 0 Å². The van der Waals surface area contributed by atoms with Crippen LogP contribution in [0.4, 0.5) is 0 Å². The number of aryl methyl sites for hydroxylation is 1. The number of oxazole rings is 2. The van der Waals surface area contributed by atoms with Crippen molar-refractivity contribution in [2.45, 2.75) is 65.8 Å². The average Bonchev–Trinajstić information content (AvgIpc) is 3.39. The molecule has 1 unspecified atom stereocenters. The van der Waals surface area contributed by atoms with Crippen LogP contribution in [0.3, 0.4) is 0 Å². The molecule has 0 spiro atoms. The third-order valence-corrected chi connectivity index (χ3v) is 4.92. The van der Waals surface area contributed by atoms with Gasteiger partial charge in [-0.05, 0) is 24.7 Å². The molecule has 2 amide bonds. The molecule has 1 aliphatic heterocycles. The predicted octanol–water partition coefficient (Wildman–Crippen LogP) is 3.73. The highest BCUT2D eigenvalue weighted by Crippen LogP contribution is 2.30. The van der Waals surface area contributed by atoms with Crippen molar-refractivity contribution in [3.8, 4) is 11.6 Å². The summed E-state index contributed by atoms with van der Waals surface area (Å²) in [6.45, 7) is 7.90. The normalized spacial score (nSPS) is 17.1.